The largest absolute Gasteiger partial charge is 0.494 e. The monoisotopic (exact) mass is 280 g/mol. The number of aliphatic hydroxyl groups is 2. The van der Waals surface area contributed by atoms with E-state index in [4.69, 9.17) is 4.74 Å². The molecule has 0 aromatic heterocycles. The summed E-state index contributed by atoms with van der Waals surface area (Å²) in [7, 11) is 0. The van der Waals surface area contributed by atoms with Crippen molar-refractivity contribution >= 4 is 0 Å². The summed E-state index contributed by atoms with van der Waals surface area (Å²) in [5, 5.41) is 19.7. The SMILES string of the molecule is CCOc1cc(C)c(C(C)CC(O)C(O)CC)cc1C. The number of rotatable bonds is 7. The van der Waals surface area contributed by atoms with Crippen molar-refractivity contribution in [3.63, 3.8) is 0 Å². The first-order valence-electron chi connectivity index (χ1n) is 7.50. The van der Waals surface area contributed by atoms with Crippen molar-refractivity contribution in [2.75, 3.05) is 6.61 Å². The molecule has 0 amide bonds. The summed E-state index contributed by atoms with van der Waals surface area (Å²) in [4.78, 5) is 0. The van der Waals surface area contributed by atoms with E-state index < -0.39 is 12.2 Å². The molecule has 0 aliphatic rings. The minimum Gasteiger partial charge on any atom is -0.494 e. The second-order valence-electron chi connectivity index (χ2n) is 5.59. The number of benzene rings is 1. The van der Waals surface area contributed by atoms with E-state index in [9.17, 15) is 10.2 Å². The highest BCUT2D eigenvalue weighted by molar-refractivity contribution is 5.43. The Morgan fingerprint density at radius 3 is 2.25 bits per heavy atom. The van der Waals surface area contributed by atoms with Gasteiger partial charge >= 0.3 is 0 Å². The molecule has 114 valence electrons. The zero-order valence-electron chi connectivity index (χ0n) is 13.3. The minimum atomic E-state index is -0.665. The minimum absolute atomic E-state index is 0.209. The van der Waals surface area contributed by atoms with Crippen LogP contribution >= 0.6 is 0 Å². The van der Waals surface area contributed by atoms with Crippen molar-refractivity contribution in [3.05, 3.63) is 28.8 Å². The van der Waals surface area contributed by atoms with Crippen LogP contribution in [0.4, 0.5) is 0 Å². The molecule has 1 aromatic rings. The lowest BCUT2D eigenvalue weighted by Crippen LogP contribution is -2.26. The van der Waals surface area contributed by atoms with E-state index in [-0.39, 0.29) is 5.92 Å². The van der Waals surface area contributed by atoms with Crippen LogP contribution < -0.4 is 4.74 Å². The average molecular weight is 280 g/mol. The van der Waals surface area contributed by atoms with Crippen LogP contribution in [0.5, 0.6) is 5.75 Å². The van der Waals surface area contributed by atoms with Gasteiger partial charge in [0.25, 0.3) is 0 Å². The molecule has 0 heterocycles. The maximum atomic E-state index is 9.97. The van der Waals surface area contributed by atoms with Crippen molar-refractivity contribution in [2.45, 2.75) is 65.6 Å². The Bertz CT molecular complexity index is 428. The second-order valence-corrected chi connectivity index (χ2v) is 5.59. The van der Waals surface area contributed by atoms with Crippen LogP contribution in [0.15, 0.2) is 12.1 Å². The highest BCUT2D eigenvalue weighted by Gasteiger charge is 2.20. The molecule has 0 fully saturated rings. The zero-order valence-corrected chi connectivity index (χ0v) is 13.3. The fourth-order valence-electron chi connectivity index (χ4n) is 2.57. The smallest absolute Gasteiger partial charge is 0.122 e. The van der Waals surface area contributed by atoms with Crippen molar-refractivity contribution in [1.82, 2.24) is 0 Å². The van der Waals surface area contributed by atoms with E-state index in [1.54, 1.807) is 0 Å². The van der Waals surface area contributed by atoms with Crippen molar-refractivity contribution < 1.29 is 14.9 Å². The summed E-state index contributed by atoms with van der Waals surface area (Å²) >= 11 is 0. The summed E-state index contributed by atoms with van der Waals surface area (Å²) in [5.41, 5.74) is 3.50. The fraction of sp³-hybridized carbons (Fsp3) is 0.647. The summed E-state index contributed by atoms with van der Waals surface area (Å²) < 4.78 is 5.60. The van der Waals surface area contributed by atoms with Crippen LogP contribution in [0, 0.1) is 13.8 Å². The molecule has 0 bridgehead atoms. The summed E-state index contributed by atoms with van der Waals surface area (Å²) in [6.07, 6.45) is -0.152. The normalized spacial score (nSPS) is 15.8. The van der Waals surface area contributed by atoms with Gasteiger partial charge in [-0.15, -0.1) is 0 Å². The Morgan fingerprint density at radius 1 is 1.05 bits per heavy atom. The van der Waals surface area contributed by atoms with Crippen molar-refractivity contribution in [1.29, 1.82) is 0 Å². The molecule has 0 spiro atoms. The van der Waals surface area contributed by atoms with E-state index in [1.165, 1.54) is 11.1 Å². The molecule has 0 saturated heterocycles. The van der Waals surface area contributed by atoms with Gasteiger partial charge in [-0.1, -0.05) is 19.9 Å². The molecule has 3 nitrogen and oxygen atoms in total. The third-order valence-electron chi connectivity index (χ3n) is 3.85. The Balaban J connectivity index is 2.88. The molecule has 0 saturated carbocycles. The zero-order chi connectivity index (χ0) is 15.3. The highest BCUT2D eigenvalue weighted by Crippen LogP contribution is 2.30. The number of ether oxygens (including phenoxy) is 1. The molecule has 1 rings (SSSR count). The fourth-order valence-corrected chi connectivity index (χ4v) is 2.57. The van der Waals surface area contributed by atoms with Gasteiger partial charge in [-0.3, -0.25) is 0 Å². The first kappa shape index (κ1) is 17.0. The van der Waals surface area contributed by atoms with Crippen LogP contribution in [0.25, 0.3) is 0 Å². The van der Waals surface area contributed by atoms with Crippen LogP contribution in [-0.4, -0.2) is 29.0 Å². The molecule has 0 radical (unpaired) electrons. The van der Waals surface area contributed by atoms with Gasteiger partial charge in [0.05, 0.1) is 18.8 Å². The van der Waals surface area contributed by atoms with E-state index in [0.717, 1.165) is 11.3 Å². The van der Waals surface area contributed by atoms with E-state index in [0.29, 0.717) is 19.4 Å². The predicted molar refractivity (Wildman–Crippen MR) is 82.4 cm³/mol. The lowest BCUT2D eigenvalue weighted by Gasteiger charge is -2.22. The topological polar surface area (TPSA) is 49.7 Å². The molecule has 3 unspecified atom stereocenters. The van der Waals surface area contributed by atoms with Gasteiger partial charge in [0.15, 0.2) is 0 Å². The first-order chi connectivity index (χ1) is 9.40. The van der Waals surface area contributed by atoms with Gasteiger partial charge in [-0.2, -0.15) is 0 Å². The molecule has 0 aliphatic heterocycles. The third-order valence-corrected chi connectivity index (χ3v) is 3.85. The predicted octanol–water partition coefficient (Wildman–Crippen LogP) is 3.33. The Morgan fingerprint density at radius 2 is 1.70 bits per heavy atom. The first-order valence-corrected chi connectivity index (χ1v) is 7.50. The number of aliphatic hydroxyl groups excluding tert-OH is 2. The standard InChI is InChI=1S/C17H28O3/c1-6-15(18)16(19)9-11(3)14-8-13(5)17(20-7-2)10-12(14)4/h8,10-11,15-16,18-19H,6-7,9H2,1-5H3. The molecule has 1 aromatic carbocycles. The number of hydrogen-bond donors (Lipinski definition) is 2. The Kier molecular flexibility index (Phi) is 6.50. The molecule has 20 heavy (non-hydrogen) atoms. The highest BCUT2D eigenvalue weighted by atomic mass is 16.5. The van der Waals surface area contributed by atoms with Gasteiger partial charge in [0, 0.05) is 0 Å². The van der Waals surface area contributed by atoms with E-state index >= 15 is 0 Å². The third kappa shape index (κ3) is 4.22. The van der Waals surface area contributed by atoms with E-state index in [1.807, 2.05) is 20.8 Å². The van der Waals surface area contributed by atoms with Gasteiger partial charge in [0.1, 0.15) is 5.75 Å². The quantitative estimate of drug-likeness (QED) is 0.805. The molecule has 2 N–H and O–H groups in total. The number of hydrogen-bond acceptors (Lipinski definition) is 3. The lowest BCUT2D eigenvalue weighted by atomic mass is 9.88. The maximum Gasteiger partial charge on any atom is 0.122 e. The Hall–Kier alpha value is -1.06. The van der Waals surface area contributed by atoms with E-state index in [2.05, 4.69) is 26.0 Å². The maximum absolute atomic E-state index is 9.97. The van der Waals surface area contributed by atoms with Gasteiger partial charge in [-0.05, 0) is 62.3 Å². The molecule has 0 aliphatic carbocycles. The van der Waals surface area contributed by atoms with Gasteiger partial charge < -0.3 is 14.9 Å². The van der Waals surface area contributed by atoms with Crippen LogP contribution in [0.3, 0.4) is 0 Å². The van der Waals surface area contributed by atoms with Crippen molar-refractivity contribution in [3.8, 4) is 5.75 Å². The average Bonchev–Trinajstić information content (AvgIpc) is 2.41. The number of aryl methyl sites for hydroxylation is 2. The molecule has 3 atom stereocenters. The van der Waals surface area contributed by atoms with Crippen LogP contribution in [0.1, 0.15) is 56.2 Å². The van der Waals surface area contributed by atoms with Gasteiger partial charge in [-0.25, -0.2) is 0 Å². The summed E-state index contributed by atoms with van der Waals surface area (Å²) in [6.45, 7) is 10.7. The lowest BCUT2D eigenvalue weighted by molar-refractivity contribution is 0.00950. The van der Waals surface area contributed by atoms with Gasteiger partial charge in [0.2, 0.25) is 0 Å². The Labute approximate surface area is 122 Å². The summed E-state index contributed by atoms with van der Waals surface area (Å²) in [5.74, 6) is 1.13. The van der Waals surface area contributed by atoms with Crippen LogP contribution in [-0.2, 0) is 0 Å². The molecular formula is C17H28O3. The molecular weight excluding hydrogens is 252 g/mol. The van der Waals surface area contributed by atoms with Crippen LogP contribution in [0.2, 0.25) is 0 Å². The second kappa shape index (κ2) is 7.65. The van der Waals surface area contributed by atoms with Crippen molar-refractivity contribution in [2.24, 2.45) is 0 Å². The summed E-state index contributed by atoms with van der Waals surface area (Å²) in [6, 6.07) is 4.20. The molecule has 3 heteroatoms.